The highest BCUT2D eigenvalue weighted by molar-refractivity contribution is 5.92. The third-order valence-corrected chi connectivity index (χ3v) is 6.47. The normalized spacial score (nSPS) is 11.3. The molecule has 36 heavy (non-hydrogen) atoms. The fourth-order valence-electron chi connectivity index (χ4n) is 4.69. The van der Waals surface area contributed by atoms with Crippen molar-refractivity contribution >= 4 is 11.6 Å². The maximum absolute atomic E-state index is 12.8. The lowest BCUT2D eigenvalue weighted by Crippen LogP contribution is -2.39. The van der Waals surface area contributed by atoms with Gasteiger partial charge in [-0.05, 0) is 81.5 Å². The van der Waals surface area contributed by atoms with E-state index in [9.17, 15) is 4.79 Å². The second-order valence-electron chi connectivity index (χ2n) is 9.83. The number of hydrogen-bond donors (Lipinski definition) is 1. The van der Waals surface area contributed by atoms with Crippen LogP contribution >= 0.6 is 0 Å². The molecule has 192 valence electrons. The highest BCUT2D eigenvalue weighted by Gasteiger charge is 2.14. The second kappa shape index (κ2) is 12.6. The minimum Gasteiger partial charge on any atom is -0.493 e. The maximum atomic E-state index is 12.8. The van der Waals surface area contributed by atoms with E-state index >= 15 is 0 Å². The SMILES string of the molecule is COc1ccc(NC(=O)Cc2ccc(-c3c(C)cccc3C)cc2)cc1OCCN(C(C)C)C(C)C. The third kappa shape index (κ3) is 7.11. The molecule has 0 saturated carbocycles. The number of benzene rings is 3. The molecule has 1 N–H and O–H groups in total. The fraction of sp³-hybridized carbons (Fsp3) is 0.387. The van der Waals surface area contributed by atoms with Crippen molar-refractivity contribution in [3.8, 4) is 22.6 Å². The number of ether oxygens (including phenoxy) is 2. The lowest BCUT2D eigenvalue weighted by molar-refractivity contribution is -0.115. The zero-order valence-electron chi connectivity index (χ0n) is 22.7. The number of methoxy groups -OCH3 is 1. The van der Waals surface area contributed by atoms with E-state index in [0.29, 0.717) is 42.3 Å². The van der Waals surface area contributed by atoms with Crippen LogP contribution in [0.2, 0.25) is 0 Å². The highest BCUT2D eigenvalue weighted by atomic mass is 16.5. The number of nitrogens with one attached hydrogen (secondary N) is 1. The van der Waals surface area contributed by atoms with Crippen molar-refractivity contribution < 1.29 is 14.3 Å². The molecule has 0 bridgehead atoms. The Kier molecular flexibility index (Phi) is 9.54. The first-order valence-electron chi connectivity index (χ1n) is 12.7. The molecule has 0 spiro atoms. The van der Waals surface area contributed by atoms with Gasteiger partial charge in [0.25, 0.3) is 0 Å². The average Bonchev–Trinajstić information content (AvgIpc) is 2.82. The van der Waals surface area contributed by atoms with Gasteiger partial charge in [0.1, 0.15) is 6.61 Å². The van der Waals surface area contributed by atoms with Crippen molar-refractivity contribution in [3.63, 3.8) is 0 Å². The molecule has 0 saturated heterocycles. The van der Waals surface area contributed by atoms with Crippen molar-refractivity contribution in [2.24, 2.45) is 0 Å². The Morgan fingerprint density at radius 3 is 2.11 bits per heavy atom. The number of nitrogens with zero attached hydrogens (tertiary/aromatic N) is 1. The van der Waals surface area contributed by atoms with E-state index in [1.54, 1.807) is 7.11 Å². The van der Waals surface area contributed by atoms with E-state index in [4.69, 9.17) is 9.47 Å². The Morgan fingerprint density at radius 2 is 1.53 bits per heavy atom. The average molecular weight is 489 g/mol. The summed E-state index contributed by atoms with van der Waals surface area (Å²) >= 11 is 0. The number of carbonyl (C=O) groups excluding carboxylic acids is 1. The van der Waals surface area contributed by atoms with Gasteiger partial charge in [0, 0.05) is 30.4 Å². The monoisotopic (exact) mass is 488 g/mol. The molecule has 0 heterocycles. The molecule has 0 aromatic heterocycles. The van der Waals surface area contributed by atoms with Crippen LogP contribution in [-0.4, -0.2) is 43.2 Å². The van der Waals surface area contributed by atoms with Gasteiger partial charge in [-0.1, -0.05) is 42.5 Å². The lowest BCUT2D eigenvalue weighted by Gasteiger charge is -2.30. The molecule has 3 aromatic rings. The summed E-state index contributed by atoms with van der Waals surface area (Å²) in [5.74, 6) is 1.20. The molecule has 0 unspecified atom stereocenters. The number of aryl methyl sites for hydroxylation is 2. The minimum absolute atomic E-state index is 0.0725. The minimum atomic E-state index is -0.0725. The quantitative estimate of drug-likeness (QED) is 0.328. The topological polar surface area (TPSA) is 50.8 Å². The smallest absolute Gasteiger partial charge is 0.228 e. The van der Waals surface area contributed by atoms with Gasteiger partial charge in [0.15, 0.2) is 11.5 Å². The van der Waals surface area contributed by atoms with E-state index in [-0.39, 0.29) is 5.91 Å². The summed E-state index contributed by atoms with van der Waals surface area (Å²) in [7, 11) is 1.62. The standard InChI is InChI=1S/C31H40N2O3/c1-21(2)33(22(3)4)17-18-36-29-20-27(15-16-28(29)35-7)32-30(34)19-25-11-13-26(14-12-25)31-23(5)9-8-10-24(31)6/h8-16,20-22H,17-19H2,1-7H3,(H,32,34). The Balaban J connectivity index is 1.63. The van der Waals surface area contributed by atoms with Crippen LogP contribution in [0.15, 0.2) is 60.7 Å². The van der Waals surface area contributed by atoms with Crippen LogP contribution in [0.5, 0.6) is 11.5 Å². The summed E-state index contributed by atoms with van der Waals surface area (Å²) < 4.78 is 11.5. The Bertz CT molecular complexity index is 1120. The van der Waals surface area contributed by atoms with Crippen LogP contribution in [0.25, 0.3) is 11.1 Å². The number of carbonyl (C=O) groups is 1. The Labute approximate surface area is 216 Å². The van der Waals surface area contributed by atoms with E-state index < -0.39 is 0 Å². The van der Waals surface area contributed by atoms with Crippen molar-refractivity contribution in [1.82, 2.24) is 4.90 Å². The zero-order valence-corrected chi connectivity index (χ0v) is 22.7. The lowest BCUT2D eigenvalue weighted by atomic mass is 9.95. The molecule has 0 atom stereocenters. The van der Waals surface area contributed by atoms with Gasteiger partial charge in [0.05, 0.1) is 13.5 Å². The highest BCUT2D eigenvalue weighted by Crippen LogP contribution is 2.31. The molecular weight excluding hydrogens is 448 g/mol. The molecule has 0 aliphatic rings. The van der Waals surface area contributed by atoms with Crippen molar-refractivity contribution in [3.05, 3.63) is 77.4 Å². The van der Waals surface area contributed by atoms with Gasteiger partial charge in [-0.2, -0.15) is 0 Å². The molecule has 5 nitrogen and oxygen atoms in total. The Morgan fingerprint density at radius 1 is 0.889 bits per heavy atom. The Hall–Kier alpha value is -3.31. The number of hydrogen-bond acceptors (Lipinski definition) is 4. The van der Waals surface area contributed by atoms with Crippen LogP contribution in [0, 0.1) is 13.8 Å². The summed E-state index contributed by atoms with van der Waals surface area (Å²) in [5.41, 5.74) is 6.57. The van der Waals surface area contributed by atoms with E-state index in [1.165, 1.54) is 22.3 Å². The van der Waals surface area contributed by atoms with Crippen LogP contribution in [0.4, 0.5) is 5.69 Å². The summed E-state index contributed by atoms with van der Waals surface area (Å²) in [6.45, 7) is 14.4. The van der Waals surface area contributed by atoms with Gasteiger partial charge >= 0.3 is 0 Å². The van der Waals surface area contributed by atoms with Crippen molar-refractivity contribution in [2.45, 2.75) is 60.0 Å². The molecule has 1 amide bonds. The first-order chi connectivity index (χ1) is 17.2. The predicted octanol–water partition coefficient (Wildman–Crippen LogP) is 6.66. The van der Waals surface area contributed by atoms with E-state index in [2.05, 4.69) is 82.1 Å². The van der Waals surface area contributed by atoms with E-state index in [1.807, 2.05) is 30.3 Å². The van der Waals surface area contributed by atoms with Crippen LogP contribution < -0.4 is 14.8 Å². The van der Waals surface area contributed by atoms with Gasteiger partial charge in [-0.25, -0.2) is 0 Å². The molecule has 3 aromatic carbocycles. The van der Waals surface area contributed by atoms with Crippen molar-refractivity contribution in [2.75, 3.05) is 25.6 Å². The van der Waals surface area contributed by atoms with E-state index in [0.717, 1.165) is 12.1 Å². The zero-order chi connectivity index (χ0) is 26.2. The fourth-order valence-corrected chi connectivity index (χ4v) is 4.69. The van der Waals surface area contributed by atoms with Gasteiger partial charge in [-0.3, -0.25) is 9.69 Å². The van der Waals surface area contributed by atoms with Gasteiger partial charge in [-0.15, -0.1) is 0 Å². The van der Waals surface area contributed by atoms with Crippen LogP contribution in [0.3, 0.4) is 0 Å². The molecule has 0 aliphatic carbocycles. The second-order valence-corrected chi connectivity index (χ2v) is 9.83. The molecule has 0 fully saturated rings. The van der Waals surface area contributed by atoms with Gasteiger partial charge in [0.2, 0.25) is 5.91 Å². The van der Waals surface area contributed by atoms with Gasteiger partial charge < -0.3 is 14.8 Å². The summed E-state index contributed by atoms with van der Waals surface area (Å²) in [6.07, 6.45) is 0.299. The summed E-state index contributed by atoms with van der Waals surface area (Å²) in [5, 5.41) is 3.00. The largest absolute Gasteiger partial charge is 0.493 e. The number of anilines is 1. The van der Waals surface area contributed by atoms with Crippen LogP contribution in [0.1, 0.15) is 44.4 Å². The molecule has 0 radical (unpaired) electrons. The molecule has 0 aliphatic heterocycles. The van der Waals surface area contributed by atoms with Crippen LogP contribution in [-0.2, 0) is 11.2 Å². The summed E-state index contributed by atoms with van der Waals surface area (Å²) in [6, 6.07) is 20.9. The predicted molar refractivity (Wildman–Crippen MR) is 149 cm³/mol. The molecule has 5 heteroatoms. The maximum Gasteiger partial charge on any atom is 0.228 e. The molecular formula is C31H40N2O3. The number of amides is 1. The first-order valence-corrected chi connectivity index (χ1v) is 12.7. The third-order valence-electron chi connectivity index (χ3n) is 6.47. The first kappa shape index (κ1) is 27.3. The van der Waals surface area contributed by atoms with Crippen molar-refractivity contribution in [1.29, 1.82) is 0 Å². The molecule has 3 rings (SSSR count). The summed E-state index contributed by atoms with van der Waals surface area (Å²) in [4.78, 5) is 15.2. The number of rotatable bonds is 11.